The first-order valence-corrected chi connectivity index (χ1v) is 12.2. The Labute approximate surface area is 190 Å². The number of aryl methyl sites for hydroxylation is 1. The molecule has 0 aliphatic carbocycles. The number of hydrogen-bond donors (Lipinski definition) is 1. The number of hydrogen-bond acceptors (Lipinski definition) is 6. The third-order valence-corrected chi connectivity index (χ3v) is 7.42. The Morgan fingerprint density at radius 3 is 2.44 bits per heavy atom. The molecular formula is C23H31N3O5S. The fourth-order valence-electron chi connectivity index (χ4n) is 3.74. The van der Waals surface area contributed by atoms with Crippen molar-refractivity contribution >= 4 is 27.3 Å². The Bertz CT molecular complexity index is 1060. The Balaban J connectivity index is 2.02. The van der Waals surface area contributed by atoms with Crippen LogP contribution in [0.4, 0.5) is 11.4 Å². The van der Waals surface area contributed by atoms with E-state index in [-0.39, 0.29) is 10.8 Å². The standard InChI is InChI=1S/C23H31N3O5S/c1-5-25(6-2)21-9-8-18(32(28,29)26-11-13-31-14-12-26)16-20(21)24-23(27)19-15-17(3)7-10-22(19)30-4/h7-10,15-16H,5-6,11-14H2,1-4H3,(H,24,27). The lowest BCUT2D eigenvalue weighted by Crippen LogP contribution is -2.40. The van der Waals surface area contributed by atoms with Gasteiger partial charge in [0.25, 0.3) is 5.91 Å². The van der Waals surface area contributed by atoms with E-state index in [1.807, 2.05) is 26.8 Å². The number of anilines is 2. The van der Waals surface area contributed by atoms with Crippen LogP contribution >= 0.6 is 0 Å². The third kappa shape index (κ3) is 5.06. The van der Waals surface area contributed by atoms with Gasteiger partial charge in [-0.05, 0) is 51.1 Å². The molecule has 1 fully saturated rings. The second-order valence-corrected chi connectivity index (χ2v) is 9.46. The second-order valence-electron chi connectivity index (χ2n) is 7.53. The van der Waals surface area contributed by atoms with Crippen LogP contribution in [0.3, 0.4) is 0 Å². The van der Waals surface area contributed by atoms with Crippen LogP contribution in [-0.2, 0) is 14.8 Å². The molecule has 1 saturated heterocycles. The van der Waals surface area contributed by atoms with Crippen LogP contribution in [0.15, 0.2) is 41.3 Å². The molecule has 0 spiro atoms. The lowest BCUT2D eigenvalue weighted by molar-refractivity contribution is 0.0730. The SMILES string of the molecule is CCN(CC)c1ccc(S(=O)(=O)N2CCOCC2)cc1NC(=O)c1cc(C)ccc1OC. The molecule has 8 nitrogen and oxygen atoms in total. The number of amides is 1. The molecule has 1 aliphatic rings. The second kappa shape index (κ2) is 10.3. The Kier molecular flexibility index (Phi) is 7.76. The first-order valence-electron chi connectivity index (χ1n) is 10.7. The molecule has 32 heavy (non-hydrogen) atoms. The van der Waals surface area contributed by atoms with Crippen molar-refractivity contribution < 1.29 is 22.7 Å². The highest BCUT2D eigenvalue weighted by Gasteiger charge is 2.28. The van der Waals surface area contributed by atoms with Gasteiger partial charge in [0.05, 0.1) is 42.2 Å². The summed E-state index contributed by atoms with van der Waals surface area (Å²) >= 11 is 0. The van der Waals surface area contributed by atoms with Crippen LogP contribution in [0.25, 0.3) is 0 Å². The molecule has 0 aromatic heterocycles. The van der Waals surface area contributed by atoms with E-state index in [2.05, 4.69) is 10.2 Å². The largest absolute Gasteiger partial charge is 0.496 e. The maximum atomic E-state index is 13.2. The maximum absolute atomic E-state index is 13.2. The van der Waals surface area contributed by atoms with Crippen LogP contribution in [0.5, 0.6) is 5.75 Å². The van der Waals surface area contributed by atoms with Crippen LogP contribution < -0.4 is 15.0 Å². The number of rotatable bonds is 8. The summed E-state index contributed by atoms with van der Waals surface area (Å²) in [6.07, 6.45) is 0. The summed E-state index contributed by atoms with van der Waals surface area (Å²) in [6, 6.07) is 10.3. The van der Waals surface area contributed by atoms with Crippen LogP contribution in [0.1, 0.15) is 29.8 Å². The average Bonchev–Trinajstić information content (AvgIpc) is 2.81. The number of nitrogens with zero attached hydrogens (tertiary/aromatic N) is 2. The minimum atomic E-state index is -3.70. The van der Waals surface area contributed by atoms with E-state index in [9.17, 15) is 13.2 Å². The van der Waals surface area contributed by atoms with Gasteiger partial charge in [0, 0.05) is 26.2 Å². The minimum Gasteiger partial charge on any atom is -0.496 e. The van der Waals surface area contributed by atoms with E-state index < -0.39 is 10.0 Å². The summed E-state index contributed by atoms with van der Waals surface area (Å²) in [4.78, 5) is 15.4. The van der Waals surface area contributed by atoms with Gasteiger partial charge in [-0.15, -0.1) is 0 Å². The topological polar surface area (TPSA) is 88.2 Å². The Morgan fingerprint density at radius 2 is 1.81 bits per heavy atom. The number of sulfonamides is 1. The minimum absolute atomic E-state index is 0.141. The Morgan fingerprint density at radius 1 is 1.12 bits per heavy atom. The molecule has 1 aliphatic heterocycles. The average molecular weight is 462 g/mol. The number of nitrogens with one attached hydrogen (secondary N) is 1. The molecule has 174 valence electrons. The summed E-state index contributed by atoms with van der Waals surface area (Å²) in [5.74, 6) is 0.0921. The lowest BCUT2D eigenvalue weighted by Gasteiger charge is -2.28. The van der Waals surface area contributed by atoms with E-state index >= 15 is 0 Å². The molecule has 0 unspecified atom stereocenters. The van der Waals surface area contributed by atoms with Gasteiger partial charge in [0.15, 0.2) is 0 Å². The third-order valence-electron chi connectivity index (χ3n) is 5.53. The van der Waals surface area contributed by atoms with Gasteiger partial charge in [-0.2, -0.15) is 4.31 Å². The van der Waals surface area contributed by atoms with Crippen LogP contribution in [-0.4, -0.2) is 65.1 Å². The van der Waals surface area contributed by atoms with E-state index in [0.29, 0.717) is 56.4 Å². The summed E-state index contributed by atoms with van der Waals surface area (Å²) in [6.45, 7) is 8.69. The molecular weight excluding hydrogens is 430 g/mol. The van der Waals surface area contributed by atoms with Crippen molar-refractivity contribution in [3.8, 4) is 5.75 Å². The van der Waals surface area contributed by atoms with E-state index in [4.69, 9.17) is 9.47 Å². The van der Waals surface area contributed by atoms with Crippen molar-refractivity contribution in [1.82, 2.24) is 4.31 Å². The molecule has 1 amide bonds. The van der Waals surface area contributed by atoms with Gasteiger partial charge in [0.2, 0.25) is 10.0 Å². The highest BCUT2D eigenvalue weighted by Crippen LogP contribution is 2.32. The number of carbonyl (C=O) groups excluding carboxylic acids is 1. The van der Waals surface area contributed by atoms with Gasteiger partial charge < -0.3 is 19.7 Å². The quantitative estimate of drug-likeness (QED) is 0.650. The molecule has 9 heteroatoms. The number of benzene rings is 2. The molecule has 0 saturated carbocycles. The first-order chi connectivity index (χ1) is 15.3. The van der Waals surface area contributed by atoms with Gasteiger partial charge in [-0.1, -0.05) is 11.6 Å². The van der Waals surface area contributed by atoms with E-state index in [1.54, 1.807) is 30.3 Å². The van der Waals surface area contributed by atoms with Crippen LogP contribution in [0, 0.1) is 6.92 Å². The van der Waals surface area contributed by atoms with Crippen molar-refractivity contribution in [2.75, 3.05) is 56.7 Å². The Hall–Kier alpha value is -2.62. The van der Waals surface area contributed by atoms with Gasteiger partial charge in [-0.25, -0.2) is 8.42 Å². The van der Waals surface area contributed by atoms with Gasteiger partial charge in [-0.3, -0.25) is 4.79 Å². The van der Waals surface area contributed by atoms with Crippen molar-refractivity contribution in [3.05, 3.63) is 47.5 Å². The molecule has 3 rings (SSSR count). The van der Waals surface area contributed by atoms with Gasteiger partial charge in [0.1, 0.15) is 5.75 Å². The fraction of sp³-hybridized carbons (Fsp3) is 0.435. The summed E-state index contributed by atoms with van der Waals surface area (Å²) in [5.41, 5.74) is 2.51. The number of morpholine rings is 1. The van der Waals surface area contributed by atoms with E-state index in [0.717, 1.165) is 11.3 Å². The highest BCUT2D eigenvalue weighted by molar-refractivity contribution is 7.89. The summed E-state index contributed by atoms with van der Waals surface area (Å²) in [5, 5.41) is 2.93. The molecule has 1 N–H and O–H groups in total. The number of carbonyl (C=O) groups is 1. The molecule has 0 bridgehead atoms. The molecule has 0 radical (unpaired) electrons. The van der Waals surface area contributed by atoms with Crippen molar-refractivity contribution in [2.45, 2.75) is 25.7 Å². The maximum Gasteiger partial charge on any atom is 0.259 e. The molecule has 2 aromatic rings. The zero-order chi connectivity index (χ0) is 23.3. The monoisotopic (exact) mass is 461 g/mol. The van der Waals surface area contributed by atoms with Gasteiger partial charge >= 0.3 is 0 Å². The lowest BCUT2D eigenvalue weighted by atomic mass is 10.1. The predicted molar refractivity (Wildman–Crippen MR) is 125 cm³/mol. The summed E-state index contributed by atoms with van der Waals surface area (Å²) in [7, 11) is -2.19. The van der Waals surface area contributed by atoms with Crippen molar-refractivity contribution in [2.24, 2.45) is 0 Å². The normalized spacial score (nSPS) is 14.8. The van der Waals surface area contributed by atoms with Crippen molar-refractivity contribution in [1.29, 1.82) is 0 Å². The predicted octanol–water partition coefficient (Wildman–Crippen LogP) is 3.12. The van der Waals surface area contributed by atoms with E-state index in [1.165, 1.54) is 11.4 Å². The molecule has 0 atom stereocenters. The number of methoxy groups -OCH3 is 1. The zero-order valence-electron chi connectivity index (χ0n) is 19.1. The zero-order valence-corrected chi connectivity index (χ0v) is 19.9. The smallest absolute Gasteiger partial charge is 0.259 e. The van der Waals surface area contributed by atoms with Crippen molar-refractivity contribution in [3.63, 3.8) is 0 Å². The highest BCUT2D eigenvalue weighted by atomic mass is 32.2. The first kappa shape index (κ1) is 24.0. The molecule has 2 aromatic carbocycles. The fourth-order valence-corrected chi connectivity index (χ4v) is 5.18. The molecule has 1 heterocycles. The van der Waals surface area contributed by atoms with Crippen LogP contribution in [0.2, 0.25) is 0 Å². The number of ether oxygens (including phenoxy) is 2. The summed E-state index contributed by atoms with van der Waals surface area (Å²) < 4.78 is 38.4.